The van der Waals surface area contributed by atoms with Gasteiger partial charge in [-0.3, -0.25) is 0 Å². The third-order valence-corrected chi connectivity index (χ3v) is 3.03. The topological polar surface area (TPSA) is 26.0 Å². The van der Waals surface area contributed by atoms with E-state index >= 15 is 0 Å². The number of allylic oxidation sites excluding steroid dienone is 8. The fourth-order valence-electron chi connectivity index (χ4n) is 2.11. The first-order valence-corrected chi connectivity index (χ1v) is 5.43. The molecule has 0 aromatic heterocycles. The molecule has 0 spiro atoms. The standard InChI is InChI=1S/C14H17N/c1-10-12-6-3-4-8-13(10)14(11(2)15)9-5-7-12/h3-11H,15H2,1-2H3. The molecular formula is C14H17N. The Labute approximate surface area is 91.4 Å². The van der Waals surface area contributed by atoms with Gasteiger partial charge >= 0.3 is 0 Å². The second-order valence-electron chi connectivity index (χ2n) is 4.17. The van der Waals surface area contributed by atoms with Crippen LogP contribution in [0.3, 0.4) is 0 Å². The quantitative estimate of drug-likeness (QED) is 0.690. The van der Waals surface area contributed by atoms with E-state index in [1.165, 1.54) is 16.7 Å². The number of rotatable bonds is 1. The van der Waals surface area contributed by atoms with Crippen LogP contribution in [0.1, 0.15) is 13.8 Å². The van der Waals surface area contributed by atoms with Gasteiger partial charge < -0.3 is 5.73 Å². The van der Waals surface area contributed by atoms with E-state index < -0.39 is 0 Å². The molecule has 0 radical (unpaired) electrons. The fourth-order valence-corrected chi connectivity index (χ4v) is 2.11. The predicted octanol–water partition coefficient (Wildman–Crippen LogP) is 2.89. The van der Waals surface area contributed by atoms with Crippen LogP contribution in [0.25, 0.3) is 0 Å². The molecule has 0 saturated heterocycles. The summed E-state index contributed by atoms with van der Waals surface area (Å²) in [4.78, 5) is 0. The van der Waals surface area contributed by atoms with Gasteiger partial charge in [-0.15, -0.1) is 0 Å². The van der Waals surface area contributed by atoms with Crippen LogP contribution >= 0.6 is 0 Å². The van der Waals surface area contributed by atoms with Crippen molar-refractivity contribution in [2.45, 2.75) is 19.9 Å². The molecule has 2 aliphatic rings. The first kappa shape index (κ1) is 10.2. The van der Waals surface area contributed by atoms with Crippen molar-refractivity contribution in [3.8, 4) is 0 Å². The Bertz CT molecular complexity index is 403. The monoisotopic (exact) mass is 199 g/mol. The highest BCUT2D eigenvalue weighted by molar-refractivity contribution is 5.51. The van der Waals surface area contributed by atoms with Crippen molar-refractivity contribution in [3.63, 3.8) is 0 Å². The Morgan fingerprint density at radius 2 is 1.87 bits per heavy atom. The molecule has 1 nitrogen and oxygen atoms in total. The van der Waals surface area contributed by atoms with Crippen LogP contribution in [0.15, 0.2) is 59.3 Å². The van der Waals surface area contributed by atoms with Gasteiger partial charge in [0.2, 0.25) is 0 Å². The summed E-state index contributed by atoms with van der Waals surface area (Å²) in [7, 11) is 0. The summed E-state index contributed by atoms with van der Waals surface area (Å²) in [5, 5.41) is 0. The molecule has 2 atom stereocenters. The summed E-state index contributed by atoms with van der Waals surface area (Å²) >= 11 is 0. The lowest BCUT2D eigenvalue weighted by Gasteiger charge is -2.19. The molecule has 0 fully saturated rings. The molecule has 2 bridgehead atoms. The minimum absolute atomic E-state index is 0.0919. The van der Waals surface area contributed by atoms with Gasteiger partial charge in [0.1, 0.15) is 0 Å². The van der Waals surface area contributed by atoms with Crippen LogP contribution in [0, 0.1) is 5.92 Å². The van der Waals surface area contributed by atoms with E-state index in [1.807, 2.05) is 6.92 Å². The van der Waals surface area contributed by atoms with Crippen LogP contribution in [-0.4, -0.2) is 6.04 Å². The first-order chi connectivity index (χ1) is 7.20. The molecule has 78 valence electrons. The van der Waals surface area contributed by atoms with Crippen LogP contribution < -0.4 is 5.73 Å². The number of hydrogen-bond acceptors (Lipinski definition) is 1. The molecule has 0 saturated carbocycles. The zero-order chi connectivity index (χ0) is 10.8. The smallest absolute Gasteiger partial charge is 0.0269 e. The third-order valence-electron chi connectivity index (χ3n) is 3.03. The molecule has 0 aromatic carbocycles. The summed E-state index contributed by atoms with van der Waals surface area (Å²) in [6.07, 6.45) is 14.9. The lowest BCUT2D eigenvalue weighted by Crippen LogP contribution is -2.21. The minimum Gasteiger partial charge on any atom is -0.324 e. The summed E-state index contributed by atoms with van der Waals surface area (Å²) in [6, 6.07) is 0.0919. The molecule has 15 heavy (non-hydrogen) atoms. The predicted molar refractivity (Wildman–Crippen MR) is 65.3 cm³/mol. The zero-order valence-electron chi connectivity index (χ0n) is 9.27. The van der Waals surface area contributed by atoms with Gasteiger partial charge in [-0.05, 0) is 23.6 Å². The van der Waals surface area contributed by atoms with Crippen LogP contribution in [0.5, 0.6) is 0 Å². The Kier molecular flexibility index (Phi) is 2.74. The van der Waals surface area contributed by atoms with Gasteiger partial charge in [0.05, 0.1) is 0 Å². The van der Waals surface area contributed by atoms with Gasteiger partial charge in [0, 0.05) is 12.0 Å². The number of hydrogen-bond donors (Lipinski definition) is 1. The summed E-state index contributed by atoms with van der Waals surface area (Å²) in [6.45, 7) is 4.27. The van der Waals surface area contributed by atoms with Crippen molar-refractivity contribution in [2.24, 2.45) is 11.7 Å². The van der Waals surface area contributed by atoms with E-state index in [-0.39, 0.29) is 6.04 Å². The van der Waals surface area contributed by atoms with E-state index in [1.54, 1.807) is 0 Å². The van der Waals surface area contributed by atoms with Crippen molar-refractivity contribution in [1.82, 2.24) is 0 Å². The Hall–Kier alpha value is -1.34. The van der Waals surface area contributed by atoms with Crippen molar-refractivity contribution < 1.29 is 0 Å². The molecular weight excluding hydrogens is 182 g/mol. The molecule has 0 aromatic rings. The maximum absolute atomic E-state index is 6.00. The Morgan fingerprint density at radius 1 is 1.13 bits per heavy atom. The van der Waals surface area contributed by atoms with Crippen molar-refractivity contribution in [2.75, 3.05) is 0 Å². The van der Waals surface area contributed by atoms with Gasteiger partial charge in [-0.25, -0.2) is 0 Å². The van der Waals surface area contributed by atoms with Crippen LogP contribution in [0.4, 0.5) is 0 Å². The van der Waals surface area contributed by atoms with Crippen LogP contribution in [0.2, 0.25) is 0 Å². The van der Waals surface area contributed by atoms with Crippen molar-refractivity contribution in [1.29, 1.82) is 0 Å². The lowest BCUT2D eigenvalue weighted by molar-refractivity contribution is 0.780. The maximum atomic E-state index is 6.00. The highest BCUT2D eigenvalue weighted by Gasteiger charge is 2.20. The van der Waals surface area contributed by atoms with Crippen LogP contribution in [-0.2, 0) is 0 Å². The highest BCUT2D eigenvalue weighted by atomic mass is 14.6. The summed E-state index contributed by atoms with van der Waals surface area (Å²) in [5.74, 6) is 0.441. The molecule has 2 N–H and O–H groups in total. The number of fused-ring (bicyclic) bond motifs is 2. The zero-order valence-corrected chi connectivity index (χ0v) is 9.27. The average molecular weight is 199 g/mol. The van der Waals surface area contributed by atoms with Gasteiger partial charge in [-0.2, -0.15) is 0 Å². The van der Waals surface area contributed by atoms with E-state index in [9.17, 15) is 0 Å². The third kappa shape index (κ3) is 1.88. The molecule has 0 aliphatic heterocycles. The molecule has 2 unspecified atom stereocenters. The Balaban J connectivity index is 2.52. The van der Waals surface area contributed by atoms with E-state index in [0.29, 0.717) is 5.92 Å². The van der Waals surface area contributed by atoms with Gasteiger partial charge in [-0.1, -0.05) is 49.5 Å². The molecule has 2 rings (SSSR count). The van der Waals surface area contributed by atoms with Crippen molar-refractivity contribution in [3.05, 3.63) is 59.3 Å². The Morgan fingerprint density at radius 3 is 2.60 bits per heavy atom. The molecule has 1 heteroatoms. The van der Waals surface area contributed by atoms with E-state index in [4.69, 9.17) is 5.73 Å². The second kappa shape index (κ2) is 4.03. The first-order valence-electron chi connectivity index (χ1n) is 5.43. The summed E-state index contributed by atoms with van der Waals surface area (Å²) in [5.41, 5.74) is 9.93. The van der Waals surface area contributed by atoms with Gasteiger partial charge in [0.15, 0.2) is 0 Å². The maximum Gasteiger partial charge on any atom is 0.0269 e. The minimum atomic E-state index is 0.0919. The largest absolute Gasteiger partial charge is 0.324 e. The van der Waals surface area contributed by atoms with Crippen molar-refractivity contribution >= 4 is 0 Å². The normalized spacial score (nSPS) is 26.1. The molecule has 0 amide bonds. The summed E-state index contributed by atoms with van der Waals surface area (Å²) < 4.78 is 0. The fraction of sp³-hybridized carbons (Fsp3) is 0.286. The second-order valence-corrected chi connectivity index (χ2v) is 4.17. The average Bonchev–Trinajstić information content (AvgIpc) is 2.47. The van der Waals surface area contributed by atoms with E-state index in [0.717, 1.165) is 0 Å². The number of nitrogens with two attached hydrogens (primary N) is 1. The van der Waals surface area contributed by atoms with E-state index in [2.05, 4.69) is 49.5 Å². The van der Waals surface area contributed by atoms with Gasteiger partial charge in [0.25, 0.3) is 0 Å². The molecule has 0 heterocycles. The highest BCUT2D eigenvalue weighted by Crippen LogP contribution is 2.32. The lowest BCUT2D eigenvalue weighted by atomic mass is 9.87. The molecule has 2 aliphatic carbocycles. The SMILES string of the molecule is CC(N)C1=CC=CC2=CC=CC=C1C2C.